The van der Waals surface area contributed by atoms with Crippen LogP contribution in [0.15, 0.2) is 0 Å². The molecule has 0 fully saturated rings. The second-order valence-corrected chi connectivity index (χ2v) is 2.50. The number of rotatable bonds is 3. The molecule has 0 heterocycles. The van der Waals surface area contributed by atoms with Crippen molar-refractivity contribution in [2.24, 2.45) is 5.92 Å². The van der Waals surface area contributed by atoms with E-state index in [1.54, 1.807) is 0 Å². The van der Waals surface area contributed by atoms with Gasteiger partial charge < -0.3 is 5.41 Å². The summed E-state index contributed by atoms with van der Waals surface area (Å²) in [5.74, 6) is 0.701. The van der Waals surface area contributed by atoms with Gasteiger partial charge in [0.25, 0.3) is 0 Å². The highest BCUT2D eigenvalue weighted by atomic mass is 14.4. The maximum Gasteiger partial charge on any atom is 0.00608 e. The molecular weight excluding hydrogens is 98.1 g/mol. The summed E-state index contributed by atoms with van der Waals surface area (Å²) in [5, 5.41) is 7.13. The molecule has 48 valence electrons. The summed E-state index contributed by atoms with van der Waals surface area (Å²) in [6.45, 7) is 6.21. The fraction of sp³-hybridized carbons (Fsp3) is 0.857. The van der Waals surface area contributed by atoms with Crippen molar-refractivity contribution in [1.82, 2.24) is 0 Å². The molecule has 0 aromatic heterocycles. The Bertz CT molecular complexity index is 76.5. The van der Waals surface area contributed by atoms with E-state index < -0.39 is 0 Å². The van der Waals surface area contributed by atoms with Crippen molar-refractivity contribution in [3.05, 3.63) is 0 Å². The predicted molar refractivity (Wildman–Crippen MR) is 37.5 cm³/mol. The van der Waals surface area contributed by atoms with Crippen LogP contribution in [-0.2, 0) is 0 Å². The topological polar surface area (TPSA) is 23.9 Å². The van der Waals surface area contributed by atoms with Crippen molar-refractivity contribution < 1.29 is 0 Å². The average Bonchev–Trinajstić information content (AvgIpc) is 1.65. The minimum Gasteiger partial charge on any atom is -0.310 e. The van der Waals surface area contributed by atoms with Gasteiger partial charge in [0, 0.05) is 5.71 Å². The van der Waals surface area contributed by atoms with Crippen LogP contribution in [0.2, 0.25) is 0 Å². The minimum absolute atomic E-state index is 0.701. The first-order valence-electron chi connectivity index (χ1n) is 3.20. The summed E-state index contributed by atoms with van der Waals surface area (Å²) in [5.41, 5.74) is 0.805. The van der Waals surface area contributed by atoms with Crippen LogP contribution in [0.4, 0.5) is 0 Å². The van der Waals surface area contributed by atoms with Crippen molar-refractivity contribution in [2.45, 2.75) is 33.6 Å². The highest BCUT2D eigenvalue weighted by Gasteiger charge is 1.97. The van der Waals surface area contributed by atoms with Gasteiger partial charge in [0.15, 0.2) is 0 Å². The maximum absolute atomic E-state index is 7.13. The van der Waals surface area contributed by atoms with Gasteiger partial charge in [0.1, 0.15) is 0 Å². The first kappa shape index (κ1) is 7.67. The van der Waals surface area contributed by atoms with Crippen LogP contribution in [0.3, 0.4) is 0 Å². The largest absolute Gasteiger partial charge is 0.310 e. The van der Waals surface area contributed by atoms with Crippen molar-refractivity contribution in [1.29, 1.82) is 5.41 Å². The summed E-state index contributed by atoms with van der Waals surface area (Å²) in [6, 6.07) is 0. The van der Waals surface area contributed by atoms with Gasteiger partial charge in [0.05, 0.1) is 0 Å². The van der Waals surface area contributed by atoms with Gasteiger partial charge in [-0.3, -0.25) is 0 Å². The van der Waals surface area contributed by atoms with Crippen LogP contribution in [0.25, 0.3) is 0 Å². The molecule has 1 atom stereocenters. The molecule has 1 N–H and O–H groups in total. The number of nitrogens with one attached hydrogen (secondary N) is 1. The maximum atomic E-state index is 7.13. The number of hydrogen-bond acceptors (Lipinski definition) is 1. The summed E-state index contributed by atoms with van der Waals surface area (Å²) in [7, 11) is 0. The third-order valence-electron chi connectivity index (χ3n) is 1.35. The highest BCUT2D eigenvalue weighted by Crippen LogP contribution is 2.05. The predicted octanol–water partition coefficient (Wildman–Crippen LogP) is 2.46. The van der Waals surface area contributed by atoms with Crippen LogP contribution < -0.4 is 0 Å². The minimum atomic E-state index is 0.701. The molecule has 0 aromatic rings. The van der Waals surface area contributed by atoms with Crippen molar-refractivity contribution in [3.63, 3.8) is 0 Å². The van der Waals surface area contributed by atoms with Gasteiger partial charge in [-0.1, -0.05) is 20.3 Å². The Morgan fingerprint density at radius 1 is 1.62 bits per heavy atom. The molecule has 0 saturated carbocycles. The van der Waals surface area contributed by atoms with E-state index in [1.165, 1.54) is 6.42 Å². The molecular formula is C7H15N. The van der Waals surface area contributed by atoms with Crippen molar-refractivity contribution in [2.75, 3.05) is 0 Å². The monoisotopic (exact) mass is 113 g/mol. The number of hydrogen-bond donors (Lipinski definition) is 1. The average molecular weight is 113 g/mol. The third kappa shape index (κ3) is 3.85. The molecule has 0 aliphatic heterocycles. The van der Waals surface area contributed by atoms with Gasteiger partial charge in [-0.2, -0.15) is 0 Å². The first-order valence-corrected chi connectivity index (χ1v) is 3.20. The summed E-state index contributed by atoms with van der Waals surface area (Å²) >= 11 is 0. The highest BCUT2D eigenvalue weighted by molar-refractivity contribution is 5.78. The van der Waals surface area contributed by atoms with Gasteiger partial charge in [-0.25, -0.2) is 0 Å². The van der Waals surface area contributed by atoms with Gasteiger partial charge in [-0.05, 0) is 19.3 Å². The summed E-state index contributed by atoms with van der Waals surface area (Å²) in [4.78, 5) is 0. The van der Waals surface area contributed by atoms with Crippen LogP contribution >= 0.6 is 0 Å². The molecule has 0 spiro atoms. The van der Waals surface area contributed by atoms with Gasteiger partial charge in [-0.15, -0.1) is 0 Å². The SMILES string of the molecule is CC[C@H](C)CC(C)=N. The van der Waals surface area contributed by atoms with E-state index in [-0.39, 0.29) is 0 Å². The van der Waals surface area contributed by atoms with Crippen LogP contribution in [0.5, 0.6) is 0 Å². The van der Waals surface area contributed by atoms with E-state index in [9.17, 15) is 0 Å². The molecule has 1 nitrogen and oxygen atoms in total. The Balaban J connectivity index is 3.24. The van der Waals surface area contributed by atoms with E-state index >= 15 is 0 Å². The molecule has 0 aliphatic rings. The molecule has 0 unspecified atom stereocenters. The van der Waals surface area contributed by atoms with Gasteiger partial charge >= 0.3 is 0 Å². The van der Waals surface area contributed by atoms with Crippen LogP contribution in [-0.4, -0.2) is 5.71 Å². The van der Waals surface area contributed by atoms with Crippen molar-refractivity contribution >= 4 is 5.71 Å². The van der Waals surface area contributed by atoms with E-state index in [0.717, 1.165) is 12.1 Å². The second kappa shape index (κ2) is 3.65. The molecule has 0 aliphatic carbocycles. The molecule has 0 radical (unpaired) electrons. The van der Waals surface area contributed by atoms with Crippen LogP contribution in [0, 0.1) is 11.3 Å². The van der Waals surface area contributed by atoms with E-state index in [2.05, 4.69) is 13.8 Å². The zero-order valence-corrected chi connectivity index (χ0v) is 5.99. The van der Waals surface area contributed by atoms with E-state index in [1.807, 2.05) is 6.92 Å². The lowest BCUT2D eigenvalue weighted by atomic mass is 10.0. The molecule has 0 amide bonds. The lowest BCUT2D eigenvalue weighted by Gasteiger charge is -2.04. The smallest absolute Gasteiger partial charge is 0.00608 e. The Kier molecular flexibility index (Phi) is 3.49. The Hall–Kier alpha value is -0.330. The molecule has 8 heavy (non-hydrogen) atoms. The molecule has 0 saturated heterocycles. The normalized spacial score (nSPS) is 13.4. The Morgan fingerprint density at radius 3 is 2.25 bits per heavy atom. The summed E-state index contributed by atoms with van der Waals surface area (Å²) < 4.78 is 0. The van der Waals surface area contributed by atoms with Crippen molar-refractivity contribution in [3.8, 4) is 0 Å². The fourth-order valence-electron chi connectivity index (χ4n) is 0.667. The second-order valence-electron chi connectivity index (χ2n) is 2.50. The third-order valence-corrected chi connectivity index (χ3v) is 1.35. The lowest BCUT2D eigenvalue weighted by Crippen LogP contribution is -1.98. The Morgan fingerprint density at radius 2 is 2.12 bits per heavy atom. The van der Waals surface area contributed by atoms with Crippen LogP contribution in [0.1, 0.15) is 33.6 Å². The Labute approximate surface area is 51.6 Å². The molecule has 1 heteroatoms. The molecule has 0 aromatic carbocycles. The quantitative estimate of drug-likeness (QED) is 0.544. The lowest BCUT2D eigenvalue weighted by molar-refractivity contribution is 0.585. The summed E-state index contributed by atoms with van der Waals surface area (Å²) in [6.07, 6.45) is 2.16. The van der Waals surface area contributed by atoms with Gasteiger partial charge in [0.2, 0.25) is 0 Å². The zero-order valence-electron chi connectivity index (χ0n) is 5.99. The van der Waals surface area contributed by atoms with E-state index in [0.29, 0.717) is 5.92 Å². The zero-order chi connectivity index (χ0) is 6.57. The standard InChI is InChI=1S/C7H15N/c1-4-6(2)5-7(3)8/h6,8H,4-5H2,1-3H3/t6-/m0/s1. The fourth-order valence-corrected chi connectivity index (χ4v) is 0.667. The molecule has 0 bridgehead atoms. The van der Waals surface area contributed by atoms with E-state index in [4.69, 9.17) is 5.41 Å². The first-order chi connectivity index (χ1) is 3.66. The molecule has 0 rings (SSSR count).